The molecule has 4 nitrogen and oxygen atoms in total. The largest absolute Gasteiger partial charge is 0.350 e. The summed E-state index contributed by atoms with van der Waals surface area (Å²) in [6.45, 7) is 4.36. The number of nitrogens with one attached hydrogen (secondary N) is 1. The van der Waals surface area contributed by atoms with Crippen molar-refractivity contribution in [2.24, 2.45) is 0 Å². The van der Waals surface area contributed by atoms with Crippen molar-refractivity contribution >= 4 is 34.4 Å². The van der Waals surface area contributed by atoms with E-state index in [2.05, 4.69) is 5.32 Å². The van der Waals surface area contributed by atoms with Crippen LogP contribution in [0.25, 0.3) is 5.57 Å². The van der Waals surface area contributed by atoms with E-state index in [0.717, 1.165) is 22.5 Å². The lowest BCUT2D eigenvalue weighted by molar-refractivity contribution is -0.136. The Kier molecular flexibility index (Phi) is 4.30. The molecule has 1 aromatic carbocycles. The molecule has 0 atom stereocenters. The number of nitrogens with zero attached hydrogens (tertiary/aromatic N) is 1. The highest BCUT2D eigenvalue weighted by molar-refractivity contribution is 7.11. The summed E-state index contributed by atoms with van der Waals surface area (Å²) in [6.07, 6.45) is 0.743. The number of carbonyl (C=O) groups excluding carboxylic acids is 2. The minimum atomic E-state index is -0.247. The van der Waals surface area contributed by atoms with Gasteiger partial charge in [-0.3, -0.25) is 14.5 Å². The Labute approximate surface area is 139 Å². The highest BCUT2D eigenvalue weighted by Crippen LogP contribution is 2.33. The maximum absolute atomic E-state index is 12.7. The van der Waals surface area contributed by atoms with Gasteiger partial charge in [-0.1, -0.05) is 31.2 Å². The van der Waals surface area contributed by atoms with E-state index in [1.54, 1.807) is 0 Å². The first-order valence-electron chi connectivity index (χ1n) is 7.60. The molecule has 0 saturated heterocycles. The van der Waals surface area contributed by atoms with Crippen molar-refractivity contribution in [3.63, 3.8) is 0 Å². The monoisotopic (exact) mass is 326 g/mol. The van der Waals surface area contributed by atoms with Crippen molar-refractivity contribution in [1.29, 1.82) is 0 Å². The highest BCUT2D eigenvalue weighted by Gasteiger charge is 2.39. The molecule has 0 spiro atoms. The molecule has 2 amide bonds. The Morgan fingerprint density at radius 1 is 1.09 bits per heavy atom. The van der Waals surface area contributed by atoms with Gasteiger partial charge >= 0.3 is 0 Å². The molecule has 0 bridgehead atoms. The molecule has 118 valence electrons. The van der Waals surface area contributed by atoms with E-state index < -0.39 is 0 Å². The van der Waals surface area contributed by atoms with Gasteiger partial charge in [0.2, 0.25) is 0 Å². The van der Waals surface area contributed by atoms with Gasteiger partial charge in [0.15, 0.2) is 0 Å². The second kappa shape index (κ2) is 6.38. The molecule has 2 aromatic rings. The summed E-state index contributed by atoms with van der Waals surface area (Å²) in [6, 6.07) is 11.5. The second-order valence-electron chi connectivity index (χ2n) is 5.43. The van der Waals surface area contributed by atoms with Gasteiger partial charge in [0.25, 0.3) is 11.8 Å². The number of hydrogen-bond acceptors (Lipinski definition) is 4. The molecule has 1 aliphatic heterocycles. The van der Waals surface area contributed by atoms with Crippen LogP contribution < -0.4 is 5.32 Å². The average Bonchev–Trinajstić information content (AvgIpc) is 3.13. The SMILES string of the molecule is CCCN1C(=O)C(Nc2ccccc2C)=C(c2cccs2)C1=O. The molecule has 1 N–H and O–H groups in total. The molecular formula is C18H18N2O2S. The van der Waals surface area contributed by atoms with E-state index in [1.165, 1.54) is 16.2 Å². The summed E-state index contributed by atoms with van der Waals surface area (Å²) < 4.78 is 0. The molecule has 23 heavy (non-hydrogen) atoms. The van der Waals surface area contributed by atoms with Gasteiger partial charge in [0.05, 0.1) is 5.57 Å². The lowest BCUT2D eigenvalue weighted by atomic mass is 10.1. The fourth-order valence-corrected chi connectivity index (χ4v) is 3.38. The van der Waals surface area contributed by atoms with Crippen molar-refractivity contribution in [3.8, 4) is 0 Å². The van der Waals surface area contributed by atoms with E-state index in [0.29, 0.717) is 17.8 Å². The predicted molar refractivity (Wildman–Crippen MR) is 93.1 cm³/mol. The van der Waals surface area contributed by atoms with Gasteiger partial charge in [-0.2, -0.15) is 0 Å². The van der Waals surface area contributed by atoms with Crippen molar-refractivity contribution in [2.45, 2.75) is 20.3 Å². The molecular weight excluding hydrogens is 308 g/mol. The van der Waals surface area contributed by atoms with E-state index >= 15 is 0 Å². The first-order valence-corrected chi connectivity index (χ1v) is 8.48. The summed E-state index contributed by atoms with van der Waals surface area (Å²) in [4.78, 5) is 27.6. The Morgan fingerprint density at radius 3 is 2.52 bits per heavy atom. The standard InChI is InChI=1S/C18H18N2O2S/c1-3-10-20-17(21)15(14-9-6-11-23-14)16(18(20)22)19-13-8-5-4-7-12(13)2/h4-9,11,19H,3,10H2,1-2H3. The van der Waals surface area contributed by atoms with Crippen LogP contribution in [-0.4, -0.2) is 23.3 Å². The zero-order valence-corrected chi connectivity index (χ0v) is 13.9. The fourth-order valence-electron chi connectivity index (χ4n) is 2.62. The van der Waals surface area contributed by atoms with Crippen LogP contribution in [0, 0.1) is 6.92 Å². The average molecular weight is 326 g/mol. The lowest BCUT2D eigenvalue weighted by Gasteiger charge is -2.14. The molecule has 0 fully saturated rings. The lowest BCUT2D eigenvalue weighted by Crippen LogP contribution is -2.33. The Hall–Kier alpha value is -2.40. The summed E-state index contributed by atoms with van der Waals surface area (Å²) in [5.41, 5.74) is 2.72. The highest BCUT2D eigenvalue weighted by atomic mass is 32.1. The number of imide groups is 1. The van der Waals surface area contributed by atoms with E-state index in [4.69, 9.17) is 0 Å². The Bertz CT molecular complexity index is 778. The van der Waals surface area contributed by atoms with Crippen LogP contribution in [0.4, 0.5) is 5.69 Å². The Balaban J connectivity index is 2.06. The van der Waals surface area contributed by atoms with Gasteiger partial charge in [-0.05, 0) is 36.4 Å². The van der Waals surface area contributed by atoms with Gasteiger partial charge in [-0.15, -0.1) is 11.3 Å². The third kappa shape index (κ3) is 2.80. The molecule has 1 aliphatic rings. The number of aryl methyl sites for hydroxylation is 1. The number of carbonyl (C=O) groups is 2. The fraction of sp³-hybridized carbons (Fsp3) is 0.222. The maximum atomic E-state index is 12.7. The molecule has 5 heteroatoms. The van der Waals surface area contributed by atoms with Crippen LogP contribution in [0.5, 0.6) is 0 Å². The van der Waals surface area contributed by atoms with Gasteiger partial charge < -0.3 is 5.32 Å². The quantitative estimate of drug-likeness (QED) is 0.853. The number of para-hydroxylation sites is 1. The van der Waals surface area contributed by atoms with Crippen molar-refractivity contribution in [1.82, 2.24) is 4.90 Å². The number of benzene rings is 1. The zero-order valence-electron chi connectivity index (χ0n) is 13.1. The minimum Gasteiger partial charge on any atom is -0.350 e. The molecule has 0 unspecified atom stereocenters. The van der Waals surface area contributed by atoms with Crippen LogP contribution in [0.1, 0.15) is 23.8 Å². The third-order valence-corrected chi connectivity index (χ3v) is 4.67. The number of hydrogen-bond donors (Lipinski definition) is 1. The molecule has 0 radical (unpaired) electrons. The van der Waals surface area contributed by atoms with Crippen molar-refractivity contribution in [3.05, 3.63) is 57.9 Å². The molecule has 1 aromatic heterocycles. The van der Waals surface area contributed by atoms with Crippen LogP contribution >= 0.6 is 11.3 Å². The summed E-state index contributed by atoms with van der Waals surface area (Å²) in [5, 5.41) is 5.10. The van der Waals surface area contributed by atoms with Crippen LogP contribution in [0.2, 0.25) is 0 Å². The summed E-state index contributed by atoms with van der Waals surface area (Å²) in [5.74, 6) is -0.459. The first-order chi connectivity index (χ1) is 11.1. The maximum Gasteiger partial charge on any atom is 0.278 e. The number of amides is 2. The zero-order chi connectivity index (χ0) is 16.4. The smallest absolute Gasteiger partial charge is 0.278 e. The molecule has 0 saturated carbocycles. The van der Waals surface area contributed by atoms with E-state index in [1.807, 2.05) is 55.6 Å². The minimum absolute atomic E-state index is 0.213. The third-order valence-electron chi connectivity index (χ3n) is 3.79. The van der Waals surface area contributed by atoms with Crippen molar-refractivity contribution in [2.75, 3.05) is 11.9 Å². The summed E-state index contributed by atoms with van der Waals surface area (Å²) in [7, 11) is 0. The van der Waals surface area contributed by atoms with Crippen molar-refractivity contribution < 1.29 is 9.59 Å². The van der Waals surface area contributed by atoms with E-state index in [-0.39, 0.29) is 11.8 Å². The van der Waals surface area contributed by atoms with Crippen LogP contribution in [0.3, 0.4) is 0 Å². The van der Waals surface area contributed by atoms with Gasteiger partial charge in [0.1, 0.15) is 5.70 Å². The summed E-state index contributed by atoms with van der Waals surface area (Å²) >= 11 is 1.47. The second-order valence-corrected chi connectivity index (χ2v) is 6.38. The normalized spacial score (nSPS) is 14.8. The van der Waals surface area contributed by atoms with Gasteiger partial charge in [-0.25, -0.2) is 0 Å². The van der Waals surface area contributed by atoms with Crippen LogP contribution in [0.15, 0.2) is 47.5 Å². The number of rotatable bonds is 5. The number of anilines is 1. The van der Waals surface area contributed by atoms with Gasteiger partial charge in [0, 0.05) is 17.1 Å². The topological polar surface area (TPSA) is 49.4 Å². The molecule has 0 aliphatic carbocycles. The molecule has 3 rings (SSSR count). The number of thiophene rings is 1. The van der Waals surface area contributed by atoms with Crippen LogP contribution in [-0.2, 0) is 9.59 Å². The van der Waals surface area contributed by atoms with E-state index in [9.17, 15) is 9.59 Å². The predicted octanol–water partition coefficient (Wildman–Crippen LogP) is 3.66. The Morgan fingerprint density at radius 2 is 1.87 bits per heavy atom. The first kappa shape index (κ1) is 15.5. The molecule has 2 heterocycles.